The summed E-state index contributed by atoms with van der Waals surface area (Å²) in [6, 6.07) is 14.0. The number of rotatable bonds is 5. The van der Waals surface area contributed by atoms with Gasteiger partial charge in [-0.25, -0.2) is 4.79 Å². The summed E-state index contributed by atoms with van der Waals surface area (Å²) in [7, 11) is 0. The minimum absolute atomic E-state index is 0.00564. The molecule has 3 nitrogen and oxygen atoms in total. The van der Waals surface area contributed by atoms with Crippen molar-refractivity contribution < 1.29 is 14.7 Å². The van der Waals surface area contributed by atoms with Crippen LogP contribution in [0.3, 0.4) is 0 Å². The van der Waals surface area contributed by atoms with Gasteiger partial charge < -0.3 is 5.11 Å². The first-order chi connectivity index (χ1) is 10.0. The summed E-state index contributed by atoms with van der Waals surface area (Å²) < 4.78 is 0. The van der Waals surface area contributed by atoms with Crippen LogP contribution in [-0.2, 0) is 11.2 Å². The van der Waals surface area contributed by atoms with Gasteiger partial charge in [-0.15, -0.1) is 0 Å². The molecule has 2 aromatic rings. The molecular formula is C17H13ClO3. The lowest BCUT2D eigenvalue weighted by atomic mass is 10.0. The van der Waals surface area contributed by atoms with E-state index in [1.807, 2.05) is 12.1 Å². The molecule has 0 aromatic heterocycles. The molecule has 21 heavy (non-hydrogen) atoms. The maximum Gasteiger partial charge on any atom is 0.328 e. The molecule has 4 heteroatoms. The summed E-state index contributed by atoms with van der Waals surface area (Å²) in [5.41, 5.74) is 2.23. The van der Waals surface area contributed by atoms with E-state index < -0.39 is 5.97 Å². The Morgan fingerprint density at radius 3 is 2.19 bits per heavy atom. The maximum absolute atomic E-state index is 12.1. The van der Waals surface area contributed by atoms with Crippen molar-refractivity contribution in [1.29, 1.82) is 0 Å². The molecule has 0 unspecified atom stereocenters. The average Bonchev–Trinajstić information content (AvgIpc) is 2.48. The monoisotopic (exact) mass is 300 g/mol. The molecule has 0 fully saturated rings. The lowest BCUT2D eigenvalue weighted by Crippen LogP contribution is -2.03. The van der Waals surface area contributed by atoms with Crippen molar-refractivity contribution >= 4 is 29.4 Å². The second-order valence-electron chi connectivity index (χ2n) is 4.52. The normalized spacial score (nSPS) is 10.7. The fourth-order valence-electron chi connectivity index (χ4n) is 1.84. The zero-order valence-corrected chi connectivity index (χ0v) is 11.9. The Hall–Kier alpha value is -2.39. The van der Waals surface area contributed by atoms with E-state index in [0.29, 0.717) is 17.0 Å². The van der Waals surface area contributed by atoms with Crippen LogP contribution in [0.15, 0.2) is 54.6 Å². The highest BCUT2D eigenvalue weighted by atomic mass is 35.5. The number of halogens is 1. The van der Waals surface area contributed by atoms with E-state index in [-0.39, 0.29) is 5.78 Å². The first kappa shape index (κ1) is 15.0. The van der Waals surface area contributed by atoms with Crippen LogP contribution in [-0.4, -0.2) is 16.9 Å². The summed E-state index contributed by atoms with van der Waals surface area (Å²) in [6.07, 6.45) is 2.85. The van der Waals surface area contributed by atoms with Crippen LogP contribution >= 0.6 is 11.6 Å². The van der Waals surface area contributed by atoms with Crippen LogP contribution < -0.4 is 0 Å². The van der Waals surface area contributed by atoms with E-state index in [2.05, 4.69) is 0 Å². The van der Waals surface area contributed by atoms with Crippen LogP contribution in [0.2, 0.25) is 5.02 Å². The number of Topliss-reactive ketones (excluding diaryl/α,β-unsaturated/α-hetero) is 1. The molecule has 0 atom stereocenters. The molecule has 106 valence electrons. The van der Waals surface area contributed by atoms with Gasteiger partial charge in [0.1, 0.15) is 0 Å². The van der Waals surface area contributed by atoms with Gasteiger partial charge in [0.05, 0.1) is 0 Å². The second kappa shape index (κ2) is 6.86. The van der Waals surface area contributed by atoms with Gasteiger partial charge >= 0.3 is 5.97 Å². The van der Waals surface area contributed by atoms with Gasteiger partial charge in [-0.3, -0.25) is 4.79 Å². The molecule has 0 spiro atoms. The lowest BCUT2D eigenvalue weighted by Gasteiger charge is -2.02. The Labute approximate surface area is 127 Å². The first-order valence-electron chi connectivity index (χ1n) is 6.33. The molecule has 0 saturated carbocycles. The molecule has 0 aliphatic rings. The zero-order chi connectivity index (χ0) is 15.2. The van der Waals surface area contributed by atoms with E-state index in [4.69, 9.17) is 16.7 Å². The topological polar surface area (TPSA) is 54.4 Å². The van der Waals surface area contributed by atoms with Crippen LogP contribution in [0.25, 0.3) is 6.08 Å². The number of benzene rings is 2. The number of hydrogen-bond donors (Lipinski definition) is 1. The number of carboxylic acids is 1. The van der Waals surface area contributed by atoms with Crippen molar-refractivity contribution in [1.82, 2.24) is 0 Å². The van der Waals surface area contributed by atoms with Crippen molar-refractivity contribution in [2.45, 2.75) is 6.42 Å². The Morgan fingerprint density at radius 2 is 1.62 bits per heavy atom. The van der Waals surface area contributed by atoms with E-state index >= 15 is 0 Å². The minimum atomic E-state index is -1.00. The van der Waals surface area contributed by atoms with E-state index in [0.717, 1.165) is 17.2 Å². The third-order valence-electron chi connectivity index (χ3n) is 2.93. The maximum atomic E-state index is 12.1. The van der Waals surface area contributed by atoms with E-state index in [9.17, 15) is 9.59 Å². The first-order valence-corrected chi connectivity index (χ1v) is 6.71. The molecule has 2 aromatic carbocycles. The minimum Gasteiger partial charge on any atom is -0.478 e. The number of ketones is 1. The molecular weight excluding hydrogens is 288 g/mol. The van der Waals surface area contributed by atoms with Crippen molar-refractivity contribution in [3.63, 3.8) is 0 Å². The molecule has 0 heterocycles. The second-order valence-corrected chi connectivity index (χ2v) is 4.96. The molecule has 0 amide bonds. The van der Waals surface area contributed by atoms with Crippen LogP contribution in [0.4, 0.5) is 0 Å². The average molecular weight is 301 g/mol. The highest BCUT2D eigenvalue weighted by molar-refractivity contribution is 6.30. The van der Waals surface area contributed by atoms with Crippen LogP contribution in [0, 0.1) is 0 Å². The number of aliphatic carboxylic acids is 1. The Balaban J connectivity index is 2.06. The Bertz CT molecular complexity index is 670. The number of carboxylic acid groups (broad SMARTS) is 1. The van der Waals surface area contributed by atoms with Gasteiger partial charge in [0.25, 0.3) is 0 Å². The molecule has 0 aliphatic carbocycles. The molecule has 0 saturated heterocycles. The smallest absolute Gasteiger partial charge is 0.328 e. The molecule has 0 aliphatic heterocycles. The third kappa shape index (κ3) is 4.58. The predicted octanol–water partition coefficient (Wildman–Crippen LogP) is 3.86. The van der Waals surface area contributed by atoms with Gasteiger partial charge in [0.15, 0.2) is 5.78 Å². The summed E-state index contributed by atoms with van der Waals surface area (Å²) in [5, 5.41) is 9.19. The predicted molar refractivity (Wildman–Crippen MR) is 82.6 cm³/mol. The number of carbonyl (C=O) groups excluding carboxylic acids is 1. The number of carbonyl (C=O) groups is 2. The fourth-order valence-corrected chi connectivity index (χ4v) is 1.96. The molecule has 1 N–H and O–H groups in total. The van der Waals surface area contributed by atoms with Crippen molar-refractivity contribution in [3.05, 3.63) is 76.3 Å². The SMILES string of the molecule is O=C(O)C=Cc1ccc(C(=O)Cc2ccc(Cl)cc2)cc1. The number of hydrogen-bond acceptors (Lipinski definition) is 2. The summed E-state index contributed by atoms with van der Waals surface area (Å²) in [5.74, 6) is -0.996. The summed E-state index contributed by atoms with van der Waals surface area (Å²) in [6.45, 7) is 0. The van der Waals surface area contributed by atoms with Crippen LogP contribution in [0.5, 0.6) is 0 Å². The third-order valence-corrected chi connectivity index (χ3v) is 3.18. The van der Waals surface area contributed by atoms with Crippen molar-refractivity contribution in [2.75, 3.05) is 0 Å². The lowest BCUT2D eigenvalue weighted by molar-refractivity contribution is -0.131. The molecule has 2 rings (SSSR count). The largest absolute Gasteiger partial charge is 0.478 e. The Kier molecular flexibility index (Phi) is 4.90. The molecule has 0 radical (unpaired) electrons. The van der Waals surface area contributed by atoms with E-state index in [1.54, 1.807) is 36.4 Å². The molecule has 0 bridgehead atoms. The zero-order valence-electron chi connectivity index (χ0n) is 11.1. The standard InChI is InChI=1S/C17H13ClO3/c18-15-8-3-13(4-9-15)11-16(19)14-6-1-12(2-7-14)5-10-17(20)21/h1-10H,11H2,(H,20,21). The van der Waals surface area contributed by atoms with E-state index in [1.165, 1.54) is 6.08 Å². The summed E-state index contributed by atoms with van der Waals surface area (Å²) in [4.78, 5) is 22.6. The van der Waals surface area contributed by atoms with Crippen LogP contribution in [0.1, 0.15) is 21.5 Å². The van der Waals surface area contributed by atoms with Crippen molar-refractivity contribution in [3.8, 4) is 0 Å². The quantitative estimate of drug-likeness (QED) is 0.674. The van der Waals surface area contributed by atoms with Gasteiger partial charge in [-0.05, 0) is 29.3 Å². The summed E-state index contributed by atoms with van der Waals surface area (Å²) >= 11 is 5.80. The van der Waals surface area contributed by atoms with Gasteiger partial charge in [0.2, 0.25) is 0 Å². The fraction of sp³-hybridized carbons (Fsp3) is 0.0588. The van der Waals surface area contributed by atoms with Gasteiger partial charge in [-0.2, -0.15) is 0 Å². The highest BCUT2D eigenvalue weighted by Gasteiger charge is 2.06. The van der Waals surface area contributed by atoms with Crippen molar-refractivity contribution in [2.24, 2.45) is 0 Å². The van der Waals surface area contributed by atoms with Gasteiger partial charge in [0, 0.05) is 23.1 Å². The highest BCUT2D eigenvalue weighted by Crippen LogP contribution is 2.13. The Morgan fingerprint density at radius 1 is 1.00 bits per heavy atom. The van der Waals surface area contributed by atoms with Gasteiger partial charge in [-0.1, -0.05) is 48.0 Å².